The summed E-state index contributed by atoms with van der Waals surface area (Å²) in [5.74, 6) is 0.0880. The SMILES string of the molecule is CCOc1cc(/C=C2/SC(=O)N(c3ccc(OC)cc3)C2=O)ccc1OCCC(=O)O. The smallest absolute Gasteiger partial charge is 0.306 e. The molecule has 0 bridgehead atoms. The molecule has 1 saturated heterocycles. The number of benzene rings is 2. The fraction of sp³-hybridized carbons (Fsp3) is 0.227. The summed E-state index contributed by atoms with van der Waals surface area (Å²) in [4.78, 5) is 37.3. The molecule has 2 aromatic rings. The molecule has 1 aliphatic rings. The zero-order chi connectivity index (χ0) is 22.4. The number of methoxy groups -OCH3 is 1. The number of amides is 2. The normalized spacial score (nSPS) is 14.8. The van der Waals surface area contributed by atoms with E-state index in [1.165, 1.54) is 7.11 Å². The molecule has 31 heavy (non-hydrogen) atoms. The van der Waals surface area contributed by atoms with Gasteiger partial charge in [-0.1, -0.05) is 6.07 Å². The number of thioether (sulfide) groups is 1. The first-order valence-electron chi connectivity index (χ1n) is 9.46. The molecule has 3 rings (SSSR count). The van der Waals surface area contributed by atoms with Crippen molar-refractivity contribution in [3.8, 4) is 17.2 Å². The number of ether oxygens (including phenoxy) is 3. The minimum atomic E-state index is -0.956. The van der Waals surface area contributed by atoms with Crippen molar-refractivity contribution < 1.29 is 33.7 Å². The van der Waals surface area contributed by atoms with Crippen LogP contribution in [0.3, 0.4) is 0 Å². The van der Waals surface area contributed by atoms with Crippen molar-refractivity contribution in [1.82, 2.24) is 0 Å². The van der Waals surface area contributed by atoms with E-state index in [0.717, 1.165) is 16.7 Å². The van der Waals surface area contributed by atoms with Crippen LogP contribution in [0.2, 0.25) is 0 Å². The van der Waals surface area contributed by atoms with Crippen molar-refractivity contribution in [1.29, 1.82) is 0 Å². The summed E-state index contributed by atoms with van der Waals surface area (Å²) in [7, 11) is 1.54. The molecule has 1 aliphatic heterocycles. The lowest BCUT2D eigenvalue weighted by molar-refractivity contribution is -0.137. The van der Waals surface area contributed by atoms with Crippen LogP contribution in [-0.4, -0.2) is 42.5 Å². The van der Waals surface area contributed by atoms with Gasteiger partial charge < -0.3 is 19.3 Å². The van der Waals surface area contributed by atoms with Gasteiger partial charge in [0.05, 0.1) is 37.3 Å². The number of carbonyl (C=O) groups excluding carboxylic acids is 2. The number of carboxylic acid groups (broad SMARTS) is 1. The van der Waals surface area contributed by atoms with Gasteiger partial charge in [-0.25, -0.2) is 4.90 Å². The van der Waals surface area contributed by atoms with E-state index in [1.807, 2.05) is 6.92 Å². The third kappa shape index (κ3) is 5.37. The molecule has 0 spiro atoms. The molecule has 2 aromatic carbocycles. The number of carbonyl (C=O) groups is 3. The Morgan fingerprint density at radius 3 is 2.48 bits per heavy atom. The molecule has 0 radical (unpaired) electrons. The number of rotatable bonds is 9. The maximum atomic E-state index is 12.8. The number of hydrogen-bond donors (Lipinski definition) is 1. The van der Waals surface area contributed by atoms with Crippen LogP contribution in [0.25, 0.3) is 6.08 Å². The molecule has 1 fully saturated rings. The third-order valence-corrected chi connectivity index (χ3v) is 5.13. The molecule has 9 heteroatoms. The Balaban J connectivity index is 1.81. The zero-order valence-electron chi connectivity index (χ0n) is 17.0. The maximum Gasteiger partial charge on any atom is 0.306 e. The molecule has 2 amide bonds. The highest BCUT2D eigenvalue weighted by molar-refractivity contribution is 8.19. The Hall–Kier alpha value is -3.46. The molecular weight excluding hydrogens is 422 g/mol. The highest BCUT2D eigenvalue weighted by Crippen LogP contribution is 2.37. The van der Waals surface area contributed by atoms with E-state index < -0.39 is 11.9 Å². The Morgan fingerprint density at radius 1 is 1.10 bits per heavy atom. The van der Waals surface area contributed by atoms with Crippen molar-refractivity contribution in [2.45, 2.75) is 13.3 Å². The molecule has 162 valence electrons. The number of aliphatic carboxylic acids is 1. The van der Waals surface area contributed by atoms with Crippen molar-refractivity contribution in [2.75, 3.05) is 25.2 Å². The van der Waals surface area contributed by atoms with E-state index in [2.05, 4.69) is 0 Å². The fourth-order valence-electron chi connectivity index (χ4n) is 2.82. The molecule has 0 saturated carbocycles. The zero-order valence-corrected chi connectivity index (χ0v) is 17.8. The molecule has 0 atom stereocenters. The van der Waals surface area contributed by atoms with Crippen molar-refractivity contribution in [3.63, 3.8) is 0 Å². The third-order valence-electron chi connectivity index (χ3n) is 4.26. The van der Waals surface area contributed by atoms with Crippen LogP contribution in [0.4, 0.5) is 10.5 Å². The predicted molar refractivity (Wildman–Crippen MR) is 117 cm³/mol. The van der Waals surface area contributed by atoms with Gasteiger partial charge in [0.15, 0.2) is 11.5 Å². The number of hydrogen-bond acceptors (Lipinski definition) is 7. The van der Waals surface area contributed by atoms with Gasteiger partial charge in [0.2, 0.25) is 0 Å². The molecule has 0 unspecified atom stereocenters. The highest BCUT2D eigenvalue weighted by Gasteiger charge is 2.36. The van der Waals surface area contributed by atoms with Gasteiger partial charge >= 0.3 is 5.97 Å². The number of imide groups is 1. The number of carboxylic acids is 1. The largest absolute Gasteiger partial charge is 0.497 e. The summed E-state index contributed by atoms with van der Waals surface area (Å²) in [6.07, 6.45) is 1.48. The molecule has 0 aliphatic carbocycles. The van der Waals surface area contributed by atoms with Gasteiger partial charge in [0.25, 0.3) is 11.1 Å². The summed E-state index contributed by atoms with van der Waals surface area (Å²) in [6, 6.07) is 11.7. The van der Waals surface area contributed by atoms with Crippen LogP contribution >= 0.6 is 11.8 Å². The van der Waals surface area contributed by atoms with Gasteiger partial charge in [0, 0.05) is 0 Å². The second kappa shape index (κ2) is 10.0. The first kappa shape index (κ1) is 22.2. The van der Waals surface area contributed by atoms with Crippen molar-refractivity contribution in [3.05, 3.63) is 52.9 Å². The lowest BCUT2D eigenvalue weighted by atomic mass is 10.1. The molecular formula is C22H21NO7S. The standard InChI is InChI=1S/C22H21NO7S/c1-3-29-18-12-14(4-9-17(18)30-11-10-20(24)25)13-19-21(26)23(22(27)31-19)15-5-7-16(28-2)8-6-15/h4-9,12-13H,3,10-11H2,1-2H3,(H,24,25)/b19-13+. The second-order valence-electron chi connectivity index (χ2n) is 6.35. The van der Waals surface area contributed by atoms with Crippen LogP contribution in [0.1, 0.15) is 18.9 Å². The van der Waals surface area contributed by atoms with Crippen molar-refractivity contribution >= 4 is 40.6 Å². The van der Waals surface area contributed by atoms with Crippen LogP contribution in [0, 0.1) is 0 Å². The summed E-state index contributed by atoms with van der Waals surface area (Å²) in [5, 5.41) is 8.36. The van der Waals surface area contributed by atoms with E-state index in [9.17, 15) is 14.4 Å². The monoisotopic (exact) mass is 443 g/mol. The van der Waals surface area contributed by atoms with Gasteiger partial charge in [-0.05, 0) is 66.7 Å². The summed E-state index contributed by atoms with van der Waals surface area (Å²) in [5.41, 5.74) is 1.11. The lowest BCUT2D eigenvalue weighted by Crippen LogP contribution is -2.27. The Bertz CT molecular complexity index is 1020. The van der Waals surface area contributed by atoms with E-state index >= 15 is 0 Å². The second-order valence-corrected chi connectivity index (χ2v) is 7.34. The molecule has 1 N–H and O–H groups in total. The van der Waals surface area contributed by atoms with E-state index in [1.54, 1.807) is 48.5 Å². The van der Waals surface area contributed by atoms with Crippen LogP contribution in [0.15, 0.2) is 47.4 Å². The van der Waals surface area contributed by atoms with Crippen LogP contribution in [0.5, 0.6) is 17.2 Å². The fourth-order valence-corrected chi connectivity index (χ4v) is 3.66. The number of nitrogens with zero attached hydrogens (tertiary/aromatic N) is 1. The minimum Gasteiger partial charge on any atom is -0.497 e. The summed E-state index contributed by atoms with van der Waals surface area (Å²) >= 11 is 0.852. The van der Waals surface area contributed by atoms with E-state index in [4.69, 9.17) is 19.3 Å². The maximum absolute atomic E-state index is 12.8. The Kier molecular flexibility index (Phi) is 7.19. The highest BCUT2D eigenvalue weighted by atomic mass is 32.2. The minimum absolute atomic E-state index is 0.00943. The topological polar surface area (TPSA) is 102 Å². The van der Waals surface area contributed by atoms with Crippen molar-refractivity contribution in [2.24, 2.45) is 0 Å². The molecule has 0 aromatic heterocycles. The predicted octanol–water partition coefficient (Wildman–Crippen LogP) is 4.19. The van der Waals surface area contributed by atoms with Gasteiger partial charge in [0.1, 0.15) is 5.75 Å². The van der Waals surface area contributed by atoms with Gasteiger partial charge in [-0.15, -0.1) is 0 Å². The van der Waals surface area contributed by atoms with Gasteiger partial charge in [-0.3, -0.25) is 14.4 Å². The lowest BCUT2D eigenvalue weighted by Gasteiger charge is -2.13. The van der Waals surface area contributed by atoms with Crippen LogP contribution in [-0.2, 0) is 9.59 Å². The first-order chi connectivity index (χ1) is 14.9. The quantitative estimate of drug-likeness (QED) is 0.576. The van der Waals surface area contributed by atoms with E-state index in [-0.39, 0.29) is 23.2 Å². The summed E-state index contributed by atoms with van der Waals surface area (Å²) in [6.45, 7) is 2.20. The first-order valence-corrected chi connectivity index (χ1v) is 10.3. The Morgan fingerprint density at radius 2 is 1.84 bits per heavy atom. The number of anilines is 1. The molecule has 8 nitrogen and oxygen atoms in total. The van der Waals surface area contributed by atoms with Crippen LogP contribution < -0.4 is 19.1 Å². The van der Waals surface area contributed by atoms with Gasteiger partial charge in [-0.2, -0.15) is 0 Å². The van der Waals surface area contributed by atoms with E-state index in [0.29, 0.717) is 35.1 Å². The average molecular weight is 443 g/mol. The average Bonchev–Trinajstić information content (AvgIpc) is 3.02. The Labute approximate surface area is 183 Å². The summed E-state index contributed by atoms with van der Waals surface area (Å²) < 4.78 is 16.2. The molecule has 1 heterocycles.